The number of aliphatic hydroxyl groups is 1. The highest BCUT2D eigenvalue weighted by Gasteiger charge is 2.37. The zero-order valence-electron chi connectivity index (χ0n) is 14.0. The highest BCUT2D eigenvalue weighted by molar-refractivity contribution is 5.79. The van der Waals surface area contributed by atoms with Crippen molar-refractivity contribution in [1.82, 2.24) is 5.32 Å². The first-order valence-electron chi connectivity index (χ1n) is 7.18. The van der Waals surface area contributed by atoms with Crippen molar-refractivity contribution in [1.29, 1.82) is 0 Å². The van der Waals surface area contributed by atoms with E-state index in [0.717, 1.165) is 12.1 Å². The summed E-state index contributed by atoms with van der Waals surface area (Å²) in [5, 5.41) is 26.7. The van der Waals surface area contributed by atoms with Gasteiger partial charge >= 0.3 is 24.3 Å². The van der Waals surface area contributed by atoms with Crippen LogP contribution in [0.15, 0.2) is 18.2 Å². The van der Waals surface area contributed by atoms with Crippen LogP contribution < -0.4 is 5.32 Å². The quantitative estimate of drug-likeness (QED) is 0.562. The molecular weight excluding hydrogens is 388 g/mol. The SMILES string of the molecule is CN[C@@H](C)c1cc(C(F)(F)F)cc(C(F)(F)F)c1.O=C(O)C[C@@H](O)C(=O)O. The molecule has 4 N–H and O–H groups in total. The van der Waals surface area contributed by atoms with E-state index < -0.39 is 54.0 Å². The minimum atomic E-state index is -4.80. The lowest BCUT2D eigenvalue weighted by atomic mass is 10.0. The van der Waals surface area contributed by atoms with Crippen LogP contribution in [0.3, 0.4) is 0 Å². The number of hydrogen-bond acceptors (Lipinski definition) is 4. The summed E-state index contributed by atoms with van der Waals surface area (Å²) in [4.78, 5) is 19.4. The van der Waals surface area contributed by atoms with E-state index in [-0.39, 0.29) is 11.6 Å². The highest BCUT2D eigenvalue weighted by atomic mass is 19.4. The maximum atomic E-state index is 12.5. The van der Waals surface area contributed by atoms with Gasteiger partial charge in [0.15, 0.2) is 6.10 Å². The summed E-state index contributed by atoms with van der Waals surface area (Å²) in [6, 6.07) is 0.951. The number of halogens is 6. The zero-order valence-corrected chi connectivity index (χ0v) is 14.0. The van der Waals surface area contributed by atoms with Crippen molar-refractivity contribution in [2.75, 3.05) is 7.05 Å². The van der Waals surface area contributed by atoms with Gasteiger partial charge in [-0.05, 0) is 37.7 Å². The Kier molecular flexibility index (Phi) is 8.73. The lowest BCUT2D eigenvalue weighted by Crippen LogP contribution is -2.22. The summed E-state index contributed by atoms with van der Waals surface area (Å²) in [6.07, 6.45) is -12.1. The number of carboxylic acid groups (broad SMARTS) is 2. The summed E-state index contributed by atoms with van der Waals surface area (Å²) >= 11 is 0. The van der Waals surface area contributed by atoms with Crippen LogP contribution in [0.25, 0.3) is 0 Å². The molecule has 0 saturated heterocycles. The van der Waals surface area contributed by atoms with Crippen LogP contribution in [0.5, 0.6) is 0 Å². The summed E-state index contributed by atoms with van der Waals surface area (Å²) < 4.78 is 75.1. The van der Waals surface area contributed by atoms with Gasteiger partial charge in [-0.2, -0.15) is 26.3 Å². The number of rotatable bonds is 5. The van der Waals surface area contributed by atoms with E-state index in [1.54, 1.807) is 0 Å². The molecule has 0 unspecified atom stereocenters. The minimum Gasteiger partial charge on any atom is -0.481 e. The minimum absolute atomic E-state index is 0.0559. The van der Waals surface area contributed by atoms with Gasteiger partial charge in [0.25, 0.3) is 0 Å². The molecule has 1 aromatic carbocycles. The predicted molar refractivity (Wildman–Crippen MR) is 79.8 cm³/mol. The number of carbonyl (C=O) groups is 2. The normalized spacial score (nSPS) is 14.0. The van der Waals surface area contributed by atoms with E-state index in [2.05, 4.69) is 5.32 Å². The average Bonchev–Trinajstić information content (AvgIpc) is 2.51. The zero-order chi connectivity index (χ0) is 21.6. The fraction of sp³-hybridized carbons (Fsp3) is 0.467. The third-order valence-corrected chi connectivity index (χ3v) is 3.20. The van der Waals surface area contributed by atoms with E-state index in [4.69, 9.17) is 15.3 Å². The number of nitrogens with one attached hydrogen (secondary N) is 1. The van der Waals surface area contributed by atoms with Crippen molar-refractivity contribution < 1.29 is 51.3 Å². The monoisotopic (exact) mass is 405 g/mol. The Balaban J connectivity index is 0.000000636. The molecular formula is C15H17F6NO5. The largest absolute Gasteiger partial charge is 0.481 e. The van der Waals surface area contributed by atoms with E-state index >= 15 is 0 Å². The molecule has 0 aliphatic carbocycles. The third-order valence-electron chi connectivity index (χ3n) is 3.20. The Labute approximate surface area is 149 Å². The van der Waals surface area contributed by atoms with E-state index in [1.165, 1.54) is 14.0 Å². The molecule has 0 saturated carbocycles. The van der Waals surface area contributed by atoms with Gasteiger partial charge in [0, 0.05) is 6.04 Å². The van der Waals surface area contributed by atoms with Gasteiger partial charge < -0.3 is 20.6 Å². The highest BCUT2D eigenvalue weighted by Crippen LogP contribution is 2.37. The first-order chi connectivity index (χ1) is 12.1. The van der Waals surface area contributed by atoms with Crippen LogP contribution in [-0.4, -0.2) is 40.4 Å². The Morgan fingerprint density at radius 1 is 1.00 bits per heavy atom. The molecule has 1 rings (SSSR count). The smallest absolute Gasteiger partial charge is 0.416 e. The van der Waals surface area contributed by atoms with Crippen LogP contribution in [0.2, 0.25) is 0 Å². The molecule has 0 radical (unpaired) electrons. The van der Waals surface area contributed by atoms with Gasteiger partial charge in [0.1, 0.15) is 0 Å². The van der Waals surface area contributed by atoms with Crippen LogP contribution in [-0.2, 0) is 21.9 Å². The second-order valence-corrected chi connectivity index (χ2v) is 5.30. The van der Waals surface area contributed by atoms with Crippen LogP contribution in [0, 0.1) is 0 Å². The number of hydrogen-bond donors (Lipinski definition) is 4. The molecule has 12 heteroatoms. The lowest BCUT2D eigenvalue weighted by Gasteiger charge is -2.17. The molecule has 27 heavy (non-hydrogen) atoms. The number of carboxylic acids is 2. The molecule has 0 amide bonds. The molecule has 2 atom stereocenters. The van der Waals surface area contributed by atoms with Gasteiger partial charge in [-0.15, -0.1) is 0 Å². The molecule has 1 aromatic rings. The van der Waals surface area contributed by atoms with E-state index in [9.17, 15) is 35.9 Å². The molecule has 0 aromatic heterocycles. The van der Waals surface area contributed by atoms with Crippen LogP contribution >= 0.6 is 0 Å². The van der Waals surface area contributed by atoms with Crippen LogP contribution in [0.1, 0.15) is 36.1 Å². The molecule has 0 aliphatic rings. The second kappa shape index (κ2) is 9.55. The molecule has 6 nitrogen and oxygen atoms in total. The lowest BCUT2D eigenvalue weighted by molar-refractivity contribution is -0.152. The molecule has 0 fully saturated rings. The topological polar surface area (TPSA) is 107 Å². The summed E-state index contributed by atoms with van der Waals surface area (Å²) in [5.74, 6) is -2.85. The predicted octanol–water partition coefficient (Wildman–Crippen LogP) is 2.91. The number of alkyl halides is 6. The maximum Gasteiger partial charge on any atom is 0.416 e. The van der Waals surface area contributed by atoms with E-state index in [0.29, 0.717) is 0 Å². The second-order valence-electron chi connectivity index (χ2n) is 5.30. The van der Waals surface area contributed by atoms with Gasteiger partial charge in [-0.1, -0.05) is 0 Å². The van der Waals surface area contributed by atoms with Gasteiger partial charge in [0.2, 0.25) is 0 Å². The standard InChI is InChI=1S/C11H11F6N.C4H6O5/c1-6(18-2)7-3-8(10(12,13)14)5-9(4-7)11(15,16)17;5-2(4(8)9)1-3(6)7/h3-6,18H,1-2H3;2,5H,1H2,(H,6,7)(H,8,9)/t6-;2-/m01/s1. The Morgan fingerprint density at radius 3 is 1.63 bits per heavy atom. The van der Waals surface area contributed by atoms with Crippen molar-refractivity contribution in [3.63, 3.8) is 0 Å². The first-order valence-corrected chi connectivity index (χ1v) is 7.18. The van der Waals surface area contributed by atoms with Crippen molar-refractivity contribution >= 4 is 11.9 Å². The number of aliphatic carboxylic acids is 2. The molecule has 0 spiro atoms. The molecule has 0 bridgehead atoms. The third kappa shape index (κ3) is 8.73. The van der Waals surface area contributed by atoms with Gasteiger partial charge in [0.05, 0.1) is 17.5 Å². The van der Waals surface area contributed by atoms with Gasteiger partial charge in [-0.25, -0.2) is 4.79 Å². The maximum absolute atomic E-state index is 12.5. The van der Waals surface area contributed by atoms with Crippen molar-refractivity contribution in [3.05, 3.63) is 34.9 Å². The van der Waals surface area contributed by atoms with Crippen molar-refractivity contribution in [3.8, 4) is 0 Å². The van der Waals surface area contributed by atoms with Gasteiger partial charge in [-0.3, -0.25) is 4.79 Å². The Hall–Kier alpha value is -2.34. The molecule has 154 valence electrons. The first kappa shape index (κ1) is 24.7. The summed E-state index contributed by atoms with van der Waals surface area (Å²) in [5.41, 5.74) is -2.65. The number of aliphatic hydroxyl groups excluding tert-OH is 1. The molecule has 0 aliphatic heterocycles. The average molecular weight is 405 g/mol. The Morgan fingerprint density at radius 2 is 1.41 bits per heavy atom. The fourth-order valence-corrected chi connectivity index (χ4v) is 1.65. The molecule has 0 heterocycles. The van der Waals surface area contributed by atoms with E-state index in [1.807, 2.05) is 0 Å². The van der Waals surface area contributed by atoms with Crippen molar-refractivity contribution in [2.45, 2.75) is 37.8 Å². The van der Waals surface area contributed by atoms with Crippen molar-refractivity contribution in [2.24, 2.45) is 0 Å². The summed E-state index contributed by atoms with van der Waals surface area (Å²) in [7, 11) is 1.46. The Bertz CT molecular complexity index is 627. The number of benzene rings is 1. The summed E-state index contributed by atoms with van der Waals surface area (Å²) in [6.45, 7) is 1.48. The van der Waals surface area contributed by atoms with Crippen LogP contribution in [0.4, 0.5) is 26.3 Å². The fourth-order valence-electron chi connectivity index (χ4n) is 1.65.